The summed E-state index contributed by atoms with van der Waals surface area (Å²) < 4.78 is 12.3. The largest absolute Gasteiger partial charge is 0.481 e. The van der Waals surface area contributed by atoms with E-state index >= 15 is 0 Å². The van der Waals surface area contributed by atoms with Crippen molar-refractivity contribution >= 4 is 11.7 Å². The zero-order chi connectivity index (χ0) is 18.1. The highest BCUT2D eigenvalue weighted by atomic mass is 16.5. The van der Waals surface area contributed by atoms with Crippen LogP contribution in [0, 0.1) is 13.8 Å². The molecule has 0 bridgehead atoms. The van der Waals surface area contributed by atoms with Gasteiger partial charge in [-0.25, -0.2) is 4.68 Å². The summed E-state index contributed by atoms with van der Waals surface area (Å²) in [5.41, 5.74) is 2.01. The minimum absolute atomic E-state index is 0.0966. The van der Waals surface area contributed by atoms with Gasteiger partial charge in [-0.15, -0.1) is 0 Å². The van der Waals surface area contributed by atoms with Gasteiger partial charge in [0.15, 0.2) is 5.82 Å². The lowest BCUT2D eigenvalue weighted by atomic mass is 10.0. The van der Waals surface area contributed by atoms with E-state index in [-0.39, 0.29) is 18.0 Å². The molecule has 25 heavy (non-hydrogen) atoms. The molecule has 1 fully saturated rings. The second kappa shape index (κ2) is 6.87. The second-order valence-corrected chi connectivity index (χ2v) is 6.52. The molecule has 0 aromatic carbocycles. The Morgan fingerprint density at radius 3 is 2.88 bits per heavy atom. The molecule has 1 saturated heterocycles. The molecule has 3 heterocycles. The Labute approximate surface area is 147 Å². The molecule has 8 nitrogen and oxygen atoms in total. The lowest BCUT2D eigenvalue weighted by Crippen LogP contribution is -2.41. The number of aromatic nitrogens is 3. The van der Waals surface area contributed by atoms with E-state index in [2.05, 4.69) is 20.5 Å². The van der Waals surface area contributed by atoms with E-state index in [1.54, 1.807) is 24.8 Å². The first kappa shape index (κ1) is 17.5. The maximum Gasteiger partial charge on any atom is 0.242 e. The standard InChI is InChI=1S/C17H25N5O3/c1-10-9-14(20-25-10)18-16(23)12(3)22-8-6-7-13(22)15-11(2)19-21(4)17(15)24-5/h9,12-13H,6-8H2,1-5H3,(H,18,20,23)/t12-,13-/m0/s1. The first-order chi connectivity index (χ1) is 11.9. The minimum Gasteiger partial charge on any atom is -0.481 e. The van der Waals surface area contributed by atoms with Crippen molar-refractivity contribution in [1.82, 2.24) is 19.8 Å². The molecule has 0 saturated carbocycles. The van der Waals surface area contributed by atoms with Crippen LogP contribution in [0.4, 0.5) is 5.82 Å². The molecule has 0 radical (unpaired) electrons. The van der Waals surface area contributed by atoms with Gasteiger partial charge in [0.1, 0.15) is 5.76 Å². The average Bonchev–Trinajstić information content (AvgIpc) is 3.25. The zero-order valence-corrected chi connectivity index (χ0v) is 15.4. The number of carbonyl (C=O) groups excluding carboxylic acids is 1. The van der Waals surface area contributed by atoms with Gasteiger partial charge in [0, 0.05) is 19.2 Å². The number of methoxy groups -OCH3 is 1. The topological polar surface area (TPSA) is 85.4 Å². The molecule has 1 amide bonds. The van der Waals surface area contributed by atoms with Gasteiger partial charge in [-0.05, 0) is 40.2 Å². The normalized spacial score (nSPS) is 19.2. The van der Waals surface area contributed by atoms with E-state index in [9.17, 15) is 4.79 Å². The first-order valence-electron chi connectivity index (χ1n) is 8.49. The molecule has 1 aliphatic heterocycles. The van der Waals surface area contributed by atoms with Crippen LogP contribution in [0.2, 0.25) is 0 Å². The number of hydrogen-bond donors (Lipinski definition) is 1. The smallest absolute Gasteiger partial charge is 0.242 e. The maximum absolute atomic E-state index is 12.6. The Bertz CT molecular complexity index is 766. The lowest BCUT2D eigenvalue weighted by Gasteiger charge is -2.29. The third kappa shape index (κ3) is 3.26. The molecule has 1 N–H and O–H groups in total. The molecule has 0 unspecified atom stereocenters. The summed E-state index contributed by atoms with van der Waals surface area (Å²) in [6.07, 6.45) is 2.01. The number of amides is 1. The number of anilines is 1. The van der Waals surface area contributed by atoms with Gasteiger partial charge in [0.05, 0.1) is 24.4 Å². The maximum atomic E-state index is 12.6. The highest BCUT2D eigenvalue weighted by molar-refractivity contribution is 5.93. The van der Waals surface area contributed by atoms with Crippen LogP contribution in [0.1, 0.15) is 42.8 Å². The third-order valence-corrected chi connectivity index (χ3v) is 4.79. The summed E-state index contributed by atoms with van der Waals surface area (Å²) in [5.74, 6) is 1.77. The van der Waals surface area contributed by atoms with E-state index in [4.69, 9.17) is 9.26 Å². The van der Waals surface area contributed by atoms with Crippen molar-refractivity contribution in [3.8, 4) is 5.88 Å². The fourth-order valence-electron chi connectivity index (χ4n) is 3.65. The number of carbonyl (C=O) groups is 1. The summed E-state index contributed by atoms with van der Waals surface area (Å²) in [5, 5.41) is 11.1. The van der Waals surface area contributed by atoms with Gasteiger partial charge >= 0.3 is 0 Å². The SMILES string of the molecule is COc1c([C@@H]2CCCN2[C@@H](C)C(=O)Nc2cc(C)on2)c(C)nn1C. The Hall–Kier alpha value is -2.35. The number of hydrogen-bond acceptors (Lipinski definition) is 6. The van der Waals surface area contributed by atoms with Gasteiger partial charge < -0.3 is 14.6 Å². The predicted molar refractivity (Wildman–Crippen MR) is 92.5 cm³/mol. The molecule has 1 aliphatic rings. The van der Waals surface area contributed by atoms with Crippen LogP contribution in [-0.2, 0) is 11.8 Å². The molecule has 0 aliphatic carbocycles. The summed E-state index contributed by atoms with van der Waals surface area (Å²) in [7, 11) is 3.53. The molecular formula is C17H25N5O3. The summed E-state index contributed by atoms with van der Waals surface area (Å²) in [4.78, 5) is 14.8. The monoisotopic (exact) mass is 347 g/mol. The van der Waals surface area contributed by atoms with Crippen molar-refractivity contribution in [2.45, 2.75) is 45.7 Å². The van der Waals surface area contributed by atoms with Crippen molar-refractivity contribution in [3.63, 3.8) is 0 Å². The van der Waals surface area contributed by atoms with Gasteiger partial charge in [-0.2, -0.15) is 5.10 Å². The molecule has 136 valence electrons. The van der Waals surface area contributed by atoms with E-state index in [0.29, 0.717) is 11.6 Å². The van der Waals surface area contributed by atoms with Crippen LogP contribution < -0.4 is 10.1 Å². The highest BCUT2D eigenvalue weighted by Gasteiger charge is 2.37. The number of nitrogens with one attached hydrogen (secondary N) is 1. The summed E-state index contributed by atoms with van der Waals surface area (Å²) in [6, 6.07) is 1.53. The highest BCUT2D eigenvalue weighted by Crippen LogP contribution is 2.39. The fourth-order valence-corrected chi connectivity index (χ4v) is 3.65. The lowest BCUT2D eigenvalue weighted by molar-refractivity contribution is -0.121. The number of nitrogens with zero attached hydrogens (tertiary/aromatic N) is 4. The molecule has 2 atom stereocenters. The molecule has 0 spiro atoms. The van der Waals surface area contributed by atoms with Crippen molar-refractivity contribution in [3.05, 3.63) is 23.1 Å². The van der Waals surface area contributed by atoms with E-state index in [1.807, 2.05) is 20.9 Å². The third-order valence-electron chi connectivity index (χ3n) is 4.79. The van der Waals surface area contributed by atoms with Crippen LogP contribution in [0.25, 0.3) is 0 Å². The number of aryl methyl sites for hydroxylation is 3. The second-order valence-electron chi connectivity index (χ2n) is 6.52. The Morgan fingerprint density at radius 2 is 2.24 bits per heavy atom. The van der Waals surface area contributed by atoms with Gasteiger partial charge in [0.25, 0.3) is 0 Å². The number of likely N-dealkylation sites (tertiary alicyclic amines) is 1. The Kier molecular flexibility index (Phi) is 4.80. The van der Waals surface area contributed by atoms with E-state index in [1.165, 1.54) is 0 Å². The Balaban J connectivity index is 1.80. The molecular weight excluding hydrogens is 322 g/mol. The van der Waals surface area contributed by atoms with Crippen molar-refractivity contribution in [2.24, 2.45) is 7.05 Å². The molecule has 8 heteroatoms. The average molecular weight is 347 g/mol. The molecule has 2 aromatic heterocycles. The van der Waals surface area contributed by atoms with Crippen LogP contribution in [-0.4, -0.2) is 45.4 Å². The van der Waals surface area contributed by atoms with E-state index in [0.717, 1.165) is 36.5 Å². The van der Waals surface area contributed by atoms with Crippen LogP contribution >= 0.6 is 0 Å². The summed E-state index contributed by atoms with van der Waals surface area (Å²) >= 11 is 0. The van der Waals surface area contributed by atoms with Crippen molar-refractivity contribution < 1.29 is 14.1 Å². The van der Waals surface area contributed by atoms with Crippen LogP contribution in [0.5, 0.6) is 5.88 Å². The first-order valence-corrected chi connectivity index (χ1v) is 8.49. The van der Waals surface area contributed by atoms with Crippen LogP contribution in [0.15, 0.2) is 10.6 Å². The summed E-state index contributed by atoms with van der Waals surface area (Å²) in [6.45, 7) is 6.55. The predicted octanol–water partition coefficient (Wildman–Crippen LogP) is 2.20. The zero-order valence-electron chi connectivity index (χ0n) is 15.4. The molecule has 3 rings (SSSR count). The van der Waals surface area contributed by atoms with Crippen molar-refractivity contribution in [2.75, 3.05) is 19.0 Å². The van der Waals surface area contributed by atoms with E-state index < -0.39 is 0 Å². The van der Waals surface area contributed by atoms with Crippen LogP contribution in [0.3, 0.4) is 0 Å². The molecule has 2 aromatic rings. The Morgan fingerprint density at radius 1 is 1.48 bits per heavy atom. The minimum atomic E-state index is -0.297. The van der Waals surface area contributed by atoms with Gasteiger partial charge in [0.2, 0.25) is 11.8 Å². The number of ether oxygens (including phenoxy) is 1. The van der Waals surface area contributed by atoms with Gasteiger partial charge in [-0.3, -0.25) is 9.69 Å². The fraction of sp³-hybridized carbons (Fsp3) is 0.588. The van der Waals surface area contributed by atoms with Crippen molar-refractivity contribution in [1.29, 1.82) is 0 Å². The number of rotatable bonds is 5. The van der Waals surface area contributed by atoms with Gasteiger partial charge in [-0.1, -0.05) is 5.16 Å². The quantitative estimate of drug-likeness (QED) is 0.892.